The fourth-order valence-corrected chi connectivity index (χ4v) is 2.34. The average molecular weight is 274 g/mol. The fraction of sp³-hybridized carbons (Fsp3) is 0.529. The van der Waals surface area contributed by atoms with E-state index in [0.717, 1.165) is 16.6 Å². The Morgan fingerprint density at radius 3 is 2.35 bits per heavy atom. The van der Waals surface area contributed by atoms with Crippen molar-refractivity contribution < 1.29 is 0 Å². The van der Waals surface area contributed by atoms with Crippen molar-refractivity contribution in [2.45, 2.75) is 54.0 Å². The fourth-order valence-electron chi connectivity index (χ4n) is 2.34. The summed E-state index contributed by atoms with van der Waals surface area (Å²) in [6.45, 7) is 11.2. The van der Waals surface area contributed by atoms with Gasteiger partial charge in [-0.2, -0.15) is 4.98 Å². The summed E-state index contributed by atoms with van der Waals surface area (Å²) in [6.07, 6.45) is 0. The lowest BCUT2D eigenvalue weighted by molar-refractivity contribution is 0.506. The zero-order chi connectivity index (χ0) is 14.2. The van der Waals surface area contributed by atoms with Gasteiger partial charge in [-0.05, 0) is 12.0 Å². The van der Waals surface area contributed by atoms with E-state index in [4.69, 9.17) is 0 Å². The molecule has 0 amide bonds. The van der Waals surface area contributed by atoms with Gasteiger partial charge in [0.1, 0.15) is 0 Å². The summed E-state index contributed by atoms with van der Waals surface area (Å²) in [6, 6.07) is 8.05. The first-order valence-electron chi connectivity index (χ1n) is 6.81. The van der Waals surface area contributed by atoms with Crippen molar-refractivity contribution in [2.24, 2.45) is 5.92 Å². The minimum absolute atomic E-state index is 0. The van der Waals surface area contributed by atoms with Gasteiger partial charge in [-0.15, -0.1) is 0 Å². The number of hydrogen-bond donors (Lipinski definition) is 0. The molecule has 0 bridgehead atoms. The number of aromatic nitrogens is 2. The Hall–Kier alpha value is -1.64. The summed E-state index contributed by atoms with van der Waals surface area (Å²) in [5.74, 6) is 0.420. The van der Waals surface area contributed by atoms with Crippen LogP contribution in [0.15, 0.2) is 29.1 Å². The molecule has 1 heterocycles. The lowest BCUT2D eigenvalue weighted by Crippen LogP contribution is -2.30. The molecular formula is C17H26N2O. The third-order valence-electron chi connectivity index (χ3n) is 3.15. The Morgan fingerprint density at radius 2 is 1.80 bits per heavy atom. The van der Waals surface area contributed by atoms with Gasteiger partial charge in [0.05, 0.1) is 11.2 Å². The van der Waals surface area contributed by atoms with Crippen molar-refractivity contribution in [3.8, 4) is 0 Å². The SMILES string of the molecule is C.CC(C)Cn1c(=O)nc(C(C)(C)C)c2ccccc21. The molecule has 1 aromatic heterocycles. The molecule has 2 rings (SSSR count). The first-order valence-corrected chi connectivity index (χ1v) is 6.81. The molecule has 0 radical (unpaired) electrons. The summed E-state index contributed by atoms with van der Waals surface area (Å²) >= 11 is 0. The van der Waals surface area contributed by atoms with E-state index in [1.807, 2.05) is 18.2 Å². The molecule has 2 aromatic rings. The monoisotopic (exact) mass is 274 g/mol. The van der Waals surface area contributed by atoms with Gasteiger partial charge in [-0.25, -0.2) is 4.79 Å². The van der Waals surface area contributed by atoms with Crippen LogP contribution in [0.3, 0.4) is 0 Å². The summed E-state index contributed by atoms with van der Waals surface area (Å²) < 4.78 is 1.79. The van der Waals surface area contributed by atoms with Crippen molar-refractivity contribution in [3.05, 3.63) is 40.4 Å². The highest BCUT2D eigenvalue weighted by Gasteiger charge is 2.21. The van der Waals surface area contributed by atoms with Crippen LogP contribution in [0, 0.1) is 5.92 Å². The van der Waals surface area contributed by atoms with Gasteiger partial charge in [0, 0.05) is 17.3 Å². The van der Waals surface area contributed by atoms with E-state index in [0.29, 0.717) is 12.5 Å². The van der Waals surface area contributed by atoms with Crippen LogP contribution < -0.4 is 5.69 Å². The smallest absolute Gasteiger partial charge is 0.292 e. The normalized spacial score (nSPS) is 11.7. The molecule has 0 aliphatic heterocycles. The maximum atomic E-state index is 12.3. The largest absolute Gasteiger partial charge is 0.348 e. The molecule has 20 heavy (non-hydrogen) atoms. The Kier molecular flexibility index (Phi) is 4.74. The minimum atomic E-state index is -0.141. The standard InChI is InChI=1S/C16H22N2O.CH4/c1-11(2)10-18-13-9-7-6-8-12(13)14(16(3,4)5)17-15(18)19;/h6-9,11H,10H2,1-5H3;1H4. The van der Waals surface area contributed by atoms with Gasteiger partial charge in [-0.3, -0.25) is 4.57 Å². The van der Waals surface area contributed by atoms with Crippen LogP contribution in [0.2, 0.25) is 0 Å². The maximum absolute atomic E-state index is 12.3. The molecule has 0 spiro atoms. The molecule has 0 atom stereocenters. The average Bonchev–Trinajstić information content (AvgIpc) is 2.30. The Morgan fingerprint density at radius 1 is 1.20 bits per heavy atom. The van der Waals surface area contributed by atoms with Gasteiger partial charge < -0.3 is 0 Å². The van der Waals surface area contributed by atoms with Crippen molar-refractivity contribution in [3.63, 3.8) is 0 Å². The first kappa shape index (κ1) is 16.4. The zero-order valence-corrected chi connectivity index (χ0v) is 12.4. The van der Waals surface area contributed by atoms with Crippen molar-refractivity contribution in [2.75, 3.05) is 0 Å². The lowest BCUT2D eigenvalue weighted by Gasteiger charge is -2.21. The van der Waals surface area contributed by atoms with E-state index < -0.39 is 0 Å². The number of fused-ring (bicyclic) bond motifs is 1. The van der Waals surface area contributed by atoms with Gasteiger partial charge >= 0.3 is 5.69 Å². The van der Waals surface area contributed by atoms with Crippen LogP contribution in [0.4, 0.5) is 0 Å². The van der Waals surface area contributed by atoms with E-state index in [9.17, 15) is 4.79 Å². The maximum Gasteiger partial charge on any atom is 0.348 e. The third kappa shape index (κ3) is 3.09. The van der Waals surface area contributed by atoms with E-state index in [2.05, 4.69) is 45.7 Å². The molecule has 110 valence electrons. The van der Waals surface area contributed by atoms with E-state index in [-0.39, 0.29) is 18.5 Å². The van der Waals surface area contributed by atoms with Crippen molar-refractivity contribution in [1.82, 2.24) is 9.55 Å². The highest BCUT2D eigenvalue weighted by atomic mass is 16.1. The van der Waals surface area contributed by atoms with E-state index >= 15 is 0 Å². The number of nitrogens with zero attached hydrogens (tertiary/aromatic N) is 2. The molecule has 0 N–H and O–H groups in total. The van der Waals surface area contributed by atoms with E-state index in [1.165, 1.54) is 0 Å². The molecule has 0 unspecified atom stereocenters. The number of rotatable bonds is 2. The highest BCUT2D eigenvalue weighted by Crippen LogP contribution is 2.26. The van der Waals surface area contributed by atoms with Crippen LogP contribution in [0.1, 0.15) is 47.7 Å². The quantitative estimate of drug-likeness (QED) is 0.830. The second-order valence-electron chi connectivity index (χ2n) is 6.51. The second-order valence-corrected chi connectivity index (χ2v) is 6.51. The molecule has 3 nitrogen and oxygen atoms in total. The topological polar surface area (TPSA) is 34.9 Å². The highest BCUT2D eigenvalue weighted by molar-refractivity contribution is 5.82. The van der Waals surface area contributed by atoms with Gasteiger partial charge in [0.2, 0.25) is 0 Å². The van der Waals surface area contributed by atoms with Gasteiger partial charge in [-0.1, -0.05) is 60.2 Å². The van der Waals surface area contributed by atoms with E-state index in [1.54, 1.807) is 4.57 Å². The second kappa shape index (κ2) is 5.78. The Balaban J connectivity index is 0.00000200. The first-order chi connectivity index (χ1) is 8.80. The van der Waals surface area contributed by atoms with Gasteiger partial charge in [0.25, 0.3) is 0 Å². The number of hydrogen-bond acceptors (Lipinski definition) is 2. The third-order valence-corrected chi connectivity index (χ3v) is 3.15. The molecule has 0 saturated heterocycles. The van der Waals surface area contributed by atoms with Crippen LogP contribution in [0.25, 0.3) is 10.9 Å². The van der Waals surface area contributed by atoms with Crippen molar-refractivity contribution in [1.29, 1.82) is 0 Å². The summed E-state index contributed by atoms with van der Waals surface area (Å²) in [4.78, 5) is 16.6. The van der Waals surface area contributed by atoms with Crippen LogP contribution >= 0.6 is 0 Å². The summed E-state index contributed by atoms with van der Waals surface area (Å²) in [5.41, 5.74) is 1.60. The van der Waals surface area contributed by atoms with Crippen LogP contribution in [-0.4, -0.2) is 9.55 Å². The predicted molar refractivity (Wildman–Crippen MR) is 86.3 cm³/mol. The molecule has 0 aliphatic carbocycles. The molecule has 0 aliphatic rings. The Bertz CT molecular complexity index is 648. The van der Waals surface area contributed by atoms with Gasteiger partial charge in [0.15, 0.2) is 0 Å². The summed E-state index contributed by atoms with van der Waals surface area (Å²) in [5, 5.41) is 1.08. The molecule has 3 heteroatoms. The molecular weight excluding hydrogens is 248 g/mol. The molecule has 0 saturated carbocycles. The molecule has 1 aromatic carbocycles. The summed E-state index contributed by atoms with van der Waals surface area (Å²) in [7, 11) is 0. The number of benzene rings is 1. The Labute approximate surface area is 121 Å². The zero-order valence-electron chi connectivity index (χ0n) is 12.4. The number of para-hydroxylation sites is 1. The van der Waals surface area contributed by atoms with Crippen molar-refractivity contribution >= 4 is 10.9 Å². The predicted octanol–water partition coefficient (Wildman–Crippen LogP) is 3.99. The van der Waals surface area contributed by atoms with Crippen LogP contribution in [0.5, 0.6) is 0 Å². The lowest BCUT2D eigenvalue weighted by atomic mass is 9.89. The minimum Gasteiger partial charge on any atom is -0.292 e. The molecule has 0 fully saturated rings. The van der Waals surface area contributed by atoms with Crippen LogP contribution in [-0.2, 0) is 12.0 Å².